The molecule has 0 spiro atoms. The van der Waals surface area contributed by atoms with Crippen molar-refractivity contribution in [2.45, 2.75) is 45.1 Å². The first kappa shape index (κ1) is 24.0. The van der Waals surface area contributed by atoms with Crippen LogP contribution in [-0.2, 0) is 18.3 Å². The number of carboxylic acids is 1. The highest BCUT2D eigenvalue weighted by Gasteiger charge is 2.31. The minimum absolute atomic E-state index is 0.000514. The predicted molar refractivity (Wildman–Crippen MR) is 139 cm³/mol. The van der Waals surface area contributed by atoms with Crippen LogP contribution in [0, 0.1) is 19.7 Å². The van der Waals surface area contributed by atoms with Gasteiger partial charge in [0.25, 0.3) is 0 Å². The quantitative estimate of drug-likeness (QED) is 0.379. The fourth-order valence-corrected chi connectivity index (χ4v) is 5.81. The number of nitrogens with zero attached hydrogens (tertiary/aromatic N) is 5. The largest absolute Gasteiger partial charge is 0.492 e. The third-order valence-electron chi connectivity index (χ3n) is 7.42. The Morgan fingerprint density at radius 3 is 2.74 bits per heavy atom. The van der Waals surface area contributed by atoms with Crippen LogP contribution < -0.4 is 10.1 Å². The maximum absolute atomic E-state index is 15.3. The summed E-state index contributed by atoms with van der Waals surface area (Å²) >= 11 is 0. The average molecular weight is 515 g/mol. The summed E-state index contributed by atoms with van der Waals surface area (Å²) in [6, 6.07) is 9.05. The van der Waals surface area contributed by atoms with Crippen LogP contribution in [0.3, 0.4) is 0 Å². The topological polar surface area (TPSA) is 115 Å². The van der Waals surface area contributed by atoms with Crippen LogP contribution in [-0.4, -0.2) is 42.9 Å². The molecule has 0 radical (unpaired) electrons. The number of halogens is 1. The van der Waals surface area contributed by atoms with Crippen molar-refractivity contribution in [2.24, 2.45) is 7.05 Å². The van der Waals surface area contributed by atoms with Gasteiger partial charge in [0.15, 0.2) is 0 Å². The number of carbonyl (C=O) groups is 1. The van der Waals surface area contributed by atoms with Crippen LogP contribution >= 0.6 is 0 Å². The van der Waals surface area contributed by atoms with Crippen LogP contribution in [0.5, 0.6) is 5.75 Å². The summed E-state index contributed by atoms with van der Waals surface area (Å²) in [6.45, 7) is 4.42. The molecular formula is C28H27FN6O3. The number of tetrazole rings is 1. The molecule has 4 aromatic rings. The Bertz CT molecular complexity index is 1560. The molecule has 3 heterocycles. The number of rotatable bonds is 6. The molecule has 2 N–H and O–H groups in total. The highest BCUT2D eigenvalue weighted by molar-refractivity contribution is 5.79. The Balaban J connectivity index is 1.31. The molecule has 10 heteroatoms. The van der Waals surface area contributed by atoms with Crippen LogP contribution in [0.1, 0.15) is 52.6 Å². The maximum Gasteiger partial charge on any atom is 0.304 e. The van der Waals surface area contributed by atoms with Gasteiger partial charge in [-0.2, -0.15) is 4.80 Å². The van der Waals surface area contributed by atoms with Gasteiger partial charge in [-0.15, -0.1) is 10.2 Å². The van der Waals surface area contributed by atoms with Gasteiger partial charge in [0.1, 0.15) is 17.4 Å². The Morgan fingerprint density at radius 1 is 1.24 bits per heavy atom. The monoisotopic (exact) mass is 514 g/mol. The molecule has 2 aromatic carbocycles. The molecule has 0 saturated carbocycles. The zero-order valence-electron chi connectivity index (χ0n) is 21.3. The number of anilines is 1. The van der Waals surface area contributed by atoms with Gasteiger partial charge in [0, 0.05) is 34.9 Å². The van der Waals surface area contributed by atoms with Crippen LogP contribution in [0.15, 0.2) is 36.5 Å². The van der Waals surface area contributed by atoms with Crippen molar-refractivity contribution < 1.29 is 19.0 Å². The van der Waals surface area contributed by atoms with Gasteiger partial charge in [0.2, 0.25) is 5.82 Å². The zero-order chi connectivity index (χ0) is 26.6. The van der Waals surface area contributed by atoms with Crippen molar-refractivity contribution in [1.82, 2.24) is 25.2 Å². The second kappa shape index (κ2) is 9.20. The van der Waals surface area contributed by atoms with Crippen molar-refractivity contribution >= 4 is 11.8 Å². The fourth-order valence-electron chi connectivity index (χ4n) is 5.81. The van der Waals surface area contributed by atoms with E-state index in [9.17, 15) is 4.79 Å². The number of hydrogen-bond acceptors (Lipinski definition) is 7. The van der Waals surface area contributed by atoms with Gasteiger partial charge in [-0.25, -0.2) is 9.37 Å². The molecular weight excluding hydrogens is 487 g/mol. The van der Waals surface area contributed by atoms with Crippen LogP contribution in [0.2, 0.25) is 0 Å². The van der Waals surface area contributed by atoms with Crippen molar-refractivity contribution in [1.29, 1.82) is 0 Å². The molecule has 0 unspecified atom stereocenters. The third-order valence-corrected chi connectivity index (χ3v) is 7.42. The summed E-state index contributed by atoms with van der Waals surface area (Å²) in [5.41, 5.74) is 7.59. The number of nitrogens with one attached hydrogen (secondary N) is 1. The van der Waals surface area contributed by atoms with Gasteiger partial charge in [-0.1, -0.05) is 6.07 Å². The number of pyridine rings is 1. The highest BCUT2D eigenvalue weighted by atomic mass is 19.1. The van der Waals surface area contributed by atoms with E-state index in [1.165, 1.54) is 4.80 Å². The molecule has 2 aromatic heterocycles. The number of ether oxygens (including phenoxy) is 1. The Hall–Kier alpha value is -4.34. The van der Waals surface area contributed by atoms with E-state index < -0.39 is 5.97 Å². The van der Waals surface area contributed by atoms with Crippen molar-refractivity contribution in [3.05, 3.63) is 70.2 Å². The van der Waals surface area contributed by atoms with Gasteiger partial charge in [-0.3, -0.25) is 4.79 Å². The summed E-state index contributed by atoms with van der Waals surface area (Å²) in [7, 11) is 1.73. The van der Waals surface area contributed by atoms with Crippen LogP contribution in [0.4, 0.5) is 10.2 Å². The van der Waals surface area contributed by atoms with Crippen molar-refractivity contribution in [2.75, 3.05) is 11.9 Å². The first-order valence-corrected chi connectivity index (χ1v) is 12.6. The lowest BCUT2D eigenvalue weighted by Crippen LogP contribution is -2.10. The van der Waals surface area contributed by atoms with E-state index in [0.29, 0.717) is 29.6 Å². The summed E-state index contributed by atoms with van der Waals surface area (Å²) in [5, 5.41) is 24.9. The number of aryl methyl sites for hydroxylation is 3. The van der Waals surface area contributed by atoms with E-state index in [0.717, 1.165) is 51.8 Å². The molecule has 0 fully saturated rings. The third kappa shape index (κ3) is 4.15. The molecule has 0 saturated heterocycles. The lowest BCUT2D eigenvalue weighted by molar-refractivity contribution is -0.137. The second-order valence-corrected chi connectivity index (χ2v) is 10.0. The molecule has 6 rings (SSSR count). The summed E-state index contributed by atoms with van der Waals surface area (Å²) in [5.74, 6) is 0.458. The van der Waals surface area contributed by atoms with Gasteiger partial charge >= 0.3 is 5.97 Å². The van der Waals surface area contributed by atoms with E-state index in [1.54, 1.807) is 25.4 Å². The van der Waals surface area contributed by atoms with Gasteiger partial charge in [0.05, 0.1) is 26.1 Å². The molecule has 0 bridgehead atoms. The first-order valence-electron chi connectivity index (χ1n) is 12.6. The lowest BCUT2D eigenvalue weighted by Gasteiger charge is -2.19. The second-order valence-electron chi connectivity index (χ2n) is 10.0. The molecule has 1 aliphatic heterocycles. The average Bonchev–Trinajstić information content (AvgIpc) is 3.59. The minimum Gasteiger partial charge on any atom is -0.492 e. The number of carboxylic acid groups (broad SMARTS) is 1. The number of fused-ring (bicyclic) bond motifs is 2. The lowest BCUT2D eigenvalue weighted by atomic mass is 9.89. The fraction of sp³-hybridized carbons (Fsp3) is 0.321. The molecule has 38 heavy (non-hydrogen) atoms. The van der Waals surface area contributed by atoms with E-state index in [2.05, 4.69) is 39.6 Å². The van der Waals surface area contributed by atoms with E-state index >= 15 is 4.39 Å². The standard InChI is InChI=1S/C28H27FN6O3/c1-14-8-16(28-32-34-35(3)33-28)9-15(2)26(14)18-4-6-21(29)27-19(18)5-7-22(27)31-24-11-23-20(12-30-24)17(13-38-23)10-25(36)37/h4,6,8-9,11-12,17,22H,5,7,10,13H2,1-3H3,(H,30,31)(H,36,37)/t17-,22-/m1/s1. The highest BCUT2D eigenvalue weighted by Crippen LogP contribution is 2.44. The molecule has 0 amide bonds. The minimum atomic E-state index is -0.868. The summed E-state index contributed by atoms with van der Waals surface area (Å²) in [6.07, 6.45) is 3.13. The molecule has 194 valence electrons. The molecule has 9 nitrogen and oxygen atoms in total. The number of benzene rings is 2. The summed E-state index contributed by atoms with van der Waals surface area (Å²) in [4.78, 5) is 17.1. The van der Waals surface area contributed by atoms with Gasteiger partial charge < -0.3 is 15.2 Å². The smallest absolute Gasteiger partial charge is 0.304 e. The Kier molecular flexibility index (Phi) is 5.81. The number of aliphatic carboxylic acids is 1. The first-order chi connectivity index (χ1) is 18.3. The number of aromatic nitrogens is 5. The van der Waals surface area contributed by atoms with Crippen molar-refractivity contribution in [3.8, 4) is 28.3 Å². The predicted octanol–water partition coefficient (Wildman–Crippen LogP) is 4.75. The molecule has 2 aliphatic rings. The zero-order valence-corrected chi connectivity index (χ0v) is 21.3. The SMILES string of the molecule is Cc1cc(-c2nnn(C)n2)cc(C)c1-c1ccc(F)c2c1CC[C@H]2Nc1cc2c(cn1)[C@H](CC(=O)O)CO2. The molecule has 1 aliphatic carbocycles. The van der Waals surface area contributed by atoms with E-state index in [-0.39, 0.29) is 24.2 Å². The Labute approximate surface area is 218 Å². The maximum atomic E-state index is 15.3. The molecule has 2 atom stereocenters. The normalized spacial score (nSPS) is 17.7. The van der Waals surface area contributed by atoms with E-state index in [1.807, 2.05) is 18.2 Å². The summed E-state index contributed by atoms with van der Waals surface area (Å²) < 4.78 is 21.0. The Morgan fingerprint density at radius 2 is 2.03 bits per heavy atom. The van der Waals surface area contributed by atoms with Crippen molar-refractivity contribution in [3.63, 3.8) is 0 Å². The van der Waals surface area contributed by atoms with Crippen LogP contribution in [0.25, 0.3) is 22.5 Å². The van der Waals surface area contributed by atoms with Gasteiger partial charge in [-0.05, 0) is 77.9 Å². The van der Waals surface area contributed by atoms with E-state index in [4.69, 9.17) is 9.84 Å². The number of hydrogen-bond donors (Lipinski definition) is 2.